The first-order valence-corrected chi connectivity index (χ1v) is 6.62. The largest absolute Gasteiger partial charge is 0.389 e. The van der Waals surface area contributed by atoms with Crippen LogP contribution in [0.4, 0.5) is 0 Å². The van der Waals surface area contributed by atoms with Gasteiger partial charge in [-0.1, -0.05) is 25.5 Å². The molecule has 0 spiro atoms. The number of aliphatic hydroxyl groups is 1. The second kappa shape index (κ2) is 10.8. The molecular weight excluding hydrogens is 214 g/mol. The lowest BCUT2D eigenvalue weighted by atomic mass is 10.1. The Kier molecular flexibility index (Phi) is 10.5. The van der Waals surface area contributed by atoms with Crippen molar-refractivity contribution in [3.8, 4) is 0 Å². The van der Waals surface area contributed by atoms with Gasteiger partial charge in [0, 0.05) is 19.7 Å². The fraction of sp³-hybridized carbons (Fsp3) is 0.857. The average Bonchev–Trinajstić information content (AvgIpc) is 2.23. The summed E-state index contributed by atoms with van der Waals surface area (Å²) >= 11 is 0. The fourth-order valence-electron chi connectivity index (χ4n) is 1.40. The standard InChI is InChI=1S/C14H29NO2/c1-12(2)6-5-9-17-11-14(16)10-15-8-7-13(3)4/h7,12,14-16H,5-6,8-11H2,1-4H3. The van der Waals surface area contributed by atoms with Gasteiger partial charge in [-0.3, -0.25) is 0 Å². The Morgan fingerprint density at radius 3 is 2.65 bits per heavy atom. The fourth-order valence-corrected chi connectivity index (χ4v) is 1.40. The molecule has 0 aliphatic rings. The lowest BCUT2D eigenvalue weighted by molar-refractivity contribution is 0.0352. The van der Waals surface area contributed by atoms with Crippen LogP contribution in [0.15, 0.2) is 11.6 Å². The van der Waals surface area contributed by atoms with Crippen molar-refractivity contribution in [2.75, 3.05) is 26.3 Å². The van der Waals surface area contributed by atoms with E-state index < -0.39 is 6.10 Å². The minimum atomic E-state index is -0.403. The molecule has 0 aliphatic carbocycles. The van der Waals surface area contributed by atoms with Gasteiger partial charge in [-0.25, -0.2) is 0 Å². The van der Waals surface area contributed by atoms with Gasteiger partial charge in [-0.2, -0.15) is 0 Å². The Balaban J connectivity index is 3.29. The maximum atomic E-state index is 9.61. The molecule has 1 atom stereocenters. The van der Waals surface area contributed by atoms with Gasteiger partial charge in [0.05, 0.1) is 12.7 Å². The van der Waals surface area contributed by atoms with Crippen molar-refractivity contribution in [3.63, 3.8) is 0 Å². The molecule has 102 valence electrons. The van der Waals surface area contributed by atoms with Crippen LogP contribution in [-0.2, 0) is 4.74 Å². The van der Waals surface area contributed by atoms with Crippen LogP contribution in [0, 0.1) is 5.92 Å². The van der Waals surface area contributed by atoms with Crippen molar-refractivity contribution in [2.24, 2.45) is 5.92 Å². The molecule has 3 nitrogen and oxygen atoms in total. The van der Waals surface area contributed by atoms with Crippen LogP contribution >= 0.6 is 0 Å². The van der Waals surface area contributed by atoms with E-state index >= 15 is 0 Å². The molecule has 0 heterocycles. The van der Waals surface area contributed by atoms with Gasteiger partial charge in [0.25, 0.3) is 0 Å². The van der Waals surface area contributed by atoms with Crippen LogP contribution in [0.1, 0.15) is 40.5 Å². The lowest BCUT2D eigenvalue weighted by Crippen LogP contribution is -2.30. The molecular formula is C14H29NO2. The molecule has 3 heteroatoms. The van der Waals surface area contributed by atoms with E-state index in [1.54, 1.807) is 0 Å². The van der Waals surface area contributed by atoms with Crippen LogP contribution in [0.3, 0.4) is 0 Å². The van der Waals surface area contributed by atoms with Gasteiger partial charge in [-0.15, -0.1) is 0 Å². The molecule has 0 bridgehead atoms. The van der Waals surface area contributed by atoms with Crippen LogP contribution in [0.25, 0.3) is 0 Å². The smallest absolute Gasteiger partial charge is 0.0897 e. The predicted molar refractivity (Wildman–Crippen MR) is 73.2 cm³/mol. The van der Waals surface area contributed by atoms with Gasteiger partial charge in [-0.05, 0) is 32.6 Å². The SMILES string of the molecule is CC(C)=CCNCC(O)COCCCC(C)C. The topological polar surface area (TPSA) is 41.5 Å². The predicted octanol–water partition coefficient (Wildman–Crippen LogP) is 2.36. The summed E-state index contributed by atoms with van der Waals surface area (Å²) in [5, 5.41) is 12.8. The summed E-state index contributed by atoms with van der Waals surface area (Å²) in [6.45, 7) is 11.1. The van der Waals surface area contributed by atoms with Crippen molar-refractivity contribution in [3.05, 3.63) is 11.6 Å². The molecule has 0 aromatic heterocycles. The first-order chi connectivity index (χ1) is 8.02. The van der Waals surface area contributed by atoms with Crippen LogP contribution in [0.5, 0.6) is 0 Å². The molecule has 17 heavy (non-hydrogen) atoms. The van der Waals surface area contributed by atoms with E-state index in [4.69, 9.17) is 4.74 Å². The second-order valence-corrected chi connectivity index (χ2v) is 5.20. The number of nitrogens with one attached hydrogen (secondary N) is 1. The lowest BCUT2D eigenvalue weighted by Gasteiger charge is -2.12. The highest BCUT2D eigenvalue weighted by molar-refractivity contribution is 4.94. The van der Waals surface area contributed by atoms with Crippen molar-refractivity contribution in [1.82, 2.24) is 5.32 Å². The maximum Gasteiger partial charge on any atom is 0.0897 e. The van der Waals surface area contributed by atoms with Crippen molar-refractivity contribution in [2.45, 2.75) is 46.6 Å². The van der Waals surface area contributed by atoms with E-state index in [2.05, 4.69) is 39.1 Å². The molecule has 0 radical (unpaired) electrons. The average molecular weight is 243 g/mol. The highest BCUT2D eigenvalue weighted by Crippen LogP contribution is 2.03. The zero-order chi connectivity index (χ0) is 13.1. The van der Waals surface area contributed by atoms with E-state index in [0.29, 0.717) is 13.2 Å². The molecule has 1 unspecified atom stereocenters. The van der Waals surface area contributed by atoms with Gasteiger partial charge in [0.2, 0.25) is 0 Å². The van der Waals surface area contributed by atoms with Crippen LogP contribution in [0.2, 0.25) is 0 Å². The molecule has 0 aromatic carbocycles. The minimum absolute atomic E-state index is 0.403. The van der Waals surface area contributed by atoms with Gasteiger partial charge in [0.1, 0.15) is 0 Å². The molecule has 2 N–H and O–H groups in total. The Hall–Kier alpha value is -0.380. The van der Waals surface area contributed by atoms with Crippen molar-refractivity contribution >= 4 is 0 Å². The highest BCUT2D eigenvalue weighted by atomic mass is 16.5. The van der Waals surface area contributed by atoms with Gasteiger partial charge in [0.15, 0.2) is 0 Å². The number of allylic oxidation sites excluding steroid dienone is 1. The summed E-state index contributed by atoms with van der Waals surface area (Å²) < 4.78 is 5.42. The van der Waals surface area contributed by atoms with E-state index in [-0.39, 0.29) is 0 Å². The first-order valence-electron chi connectivity index (χ1n) is 6.62. The summed E-state index contributed by atoms with van der Waals surface area (Å²) in [4.78, 5) is 0. The zero-order valence-electron chi connectivity index (χ0n) is 11.8. The maximum absolute atomic E-state index is 9.61. The third kappa shape index (κ3) is 13.6. The number of aliphatic hydroxyl groups excluding tert-OH is 1. The van der Waals surface area contributed by atoms with E-state index in [9.17, 15) is 5.11 Å². The van der Waals surface area contributed by atoms with Crippen molar-refractivity contribution < 1.29 is 9.84 Å². The van der Waals surface area contributed by atoms with Gasteiger partial charge < -0.3 is 15.2 Å². The molecule has 0 saturated heterocycles. The summed E-state index contributed by atoms with van der Waals surface area (Å²) in [5.41, 5.74) is 1.29. The molecule has 0 amide bonds. The summed E-state index contributed by atoms with van der Waals surface area (Å²) in [6, 6.07) is 0. The van der Waals surface area contributed by atoms with E-state index in [0.717, 1.165) is 25.5 Å². The summed E-state index contributed by atoms with van der Waals surface area (Å²) in [5.74, 6) is 0.731. The van der Waals surface area contributed by atoms with Gasteiger partial charge >= 0.3 is 0 Å². The third-order valence-corrected chi connectivity index (χ3v) is 2.41. The number of ether oxygens (including phenoxy) is 1. The summed E-state index contributed by atoms with van der Waals surface area (Å²) in [7, 11) is 0. The van der Waals surface area contributed by atoms with Crippen LogP contribution < -0.4 is 5.32 Å². The minimum Gasteiger partial charge on any atom is -0.389 e. The quantitative estimate of drug-likeness (QED) is 0.457. The second-order valence-electron chi connectivity index (χ2n) is 5.20. The van der Waals surface area contributed by atoms with E-state index in [1.165, 1.54) is 12.0 Å². The number of hydrogen-bond donors (Lipinski definition) is 2. The molecule has 0 fully saturated rings. The Morgan fingerprint density at radius 1 is 1.35 bits per heavy atom. The summed E-state index contributed by atoms with van der Waals surface area (Å²) in [6.07, 6.45) is 3.97. The van der Waals surface area contributed by atoms with Crippen LogP contribution in [-0.4, -0.2) is 37.5 Å². The number of hydrogen-bond acceptors (Lipinski definition) is 3. The first kappa shape index (κ1) is 16.6. The zero-order valence-corrected chi connectivity index (χ0v) is 11.8. The van der Waals surface area contributed by atoms with E-state index in [1.807, 2.05) is 0 Å². The molecule has 0 rings (SSSR count). The normalized spacial score (nSPS) is 12.8. The monoisotopic (exact) mass is 243 g/mol. The molecule has 0 aromatic rings. The molecule has 0 aliphatic heterocycles. The third-order valence-electron chi connectivity index (χ3n) is 2.41. The molecule has 0 saturated carbocycles. The highest BCUT2D eigenvalue weighted by Gasteiger charge is 2.03. The Bertz CT molecular complexity index is 198. The Morgan fingerprint density at radius 2 is 2.06 bits per heavy atom. The van der Waals surface area contributed by atoms with Crippen molar-refractivity contribution in [1.29, 1.82) is 0 Å². The number of rotatable bonds is 10. The Labute approximate surface area is 106 Å².